The van der Waals surface area contributed by atoms with Gasteiger partial charge in [-0.2, -0.15) is 0 Å². The molecule has 3 aliphatic heterocycles. The quantitative estimate of drug-likeness (QED) is 0.356. The largest absolute Gasteiger partial charge is 0.494 e. The lowest BCUT2D eigenvalue weighted by molar-refractivity contribution is -0.149. The van der Waals surface area contributed by atoms with Gasteiger partial charge in [-0.05, 0) is 107 Å². The Morgan fingerprint density at radius 2 is 1.79 bits per heavy atom. The Hall–Kier alpha value is -4.65. The number of carbonyl (C=O) groups is 5. The van der Waals surface area contributed by atoms with Gasteiger partial charge in [-0.25, -0.2) is 4.79 Å². The van der Waals surface area contributed by atoms with Crippen molar-refractivity contribution in [1.29, 1.82) is 0 Å². The van der Waals surface area contributed by atoms with Crippen molar-refractivity contribution in [2.75, 3.05) is 39.4 Å². The third kappa shape index (κ3) is 11.2. The van der Waals surface area contributed by atoms with Crippen molar-refractivity contribution >= 4 is 29.7 Å². The number of amides is 5. The summed E-state index contributed by atoms with van der Waals surface area (Å²) >= 11 is 0. The molecule has 0 radical (unpaired) electrons. The third-order valence-corrected chi connectivity index (χ3v) is 11.4. The van der Waals surface area contributed by atoms with Crippen molar-refractivity contribution in [2.24, 2.45) is 11.3 Å². The Morgan fingerprint density at radius 1 is 1.02 bits per heavy atom. The van der Waals surface area contributed by atoms with Gasteiger partial charge in [0.2, 0.25) is 23.6 Å². The van der Waals surface area contributed by atoms with Gasteiger partial charge in [0.1, 0.15) is 23.4 Å². The van der Waals surface area contributed by atoms with Crippen LogP contribution in [0, 0.1) is 18.3 Å². The second-order valence-corrected chi connectivity index (χ2v) is 17.2. The number of hydrogen-bond donors (Lipinski definition) is 3. The first kappa shape index (κ1) is 41.0. The number of carbonyl (C=O) groups excluding carboxylic acids is 5. The molecule has 4 bridgehead atoms. The molecule has 1 spiro atoms. The van der Waals surface area contributed by atoms with Crippen molar-refractivity contribution in [3.63, 3.8) is 0 Å². The minimum atomic E-state index is -1.18. The number of hydrogen-bond acceptors (Lipinski definition) is 8. The lowest BCUT2D eigenvalue weighted by atomic mass is 9.62. The normalized spacial score (nSPS) is 23.4. The van der Waals surface area contributed by atoms with E-state index >= 15 is 0 Å². The van der Waals surface area contributed by atoms with Crippen molar-refractivity contribution in [3.8, 4) is 5.75 Å². The molecule has 5 amide bonds. The van der Waals surface area contributed by atoms with E-state index in [9.17, 15) is 24.0 Å². The smallest absolute Gasteiger partial charge is 0.410 e. The van der Waals surface area contributed by atoms with Crippen LogP contribution in [-0.4, -0.2) is 103 Å². The molecule has 1 unspecified atom stereocenters. The van der Waals surface area contributed by atoms with Crippen LogP contribution in [-0.2, 0) is 41.6 Å². The van der Waals surface area contributed by atoms with E-state index in [4.69, 9.17) is 14.2 Å². The molecule has 3 heterocycles. The van der Waals surface area contributed by atoms with Gasteiger partial charge in [-0.3, -0.25) is 19.2 Å². The molecule has 3 fully saturated rings. The Kier molecular flexibility index (Phi) is 13.2. The highest BCUT2D eigenvalue weighted by Crippen LogP contribution is 2.50. The minimum absolute atomic E-state index is 0.00757. The average molecular weight is 774 g/mol. The number of fused-ring (bicyclic) bond motifs is 4. The first-order valence-corrected chi connectivity index (χ1v) is 20.3. The molecule has 304 valence electrons. The number of aryl methyl sites for hydroxylation is 2. The molecule has 3 N–H and O–H groups in total. The van der Waals surface area contributed by atoms with E-state index in [1.165, 1.54) is 0 Å². The van der Waals surface area contributed by atoms with Crippen molar-refractivity contribution in [2.45, 2.75) is 116 Å². The molecule has 6 rings (SSSR count). The van der Waals surface area contributed by atoms with Gasteiger partial charge in [0.05, 0.1) is 25.7 Å². The maximum Gasteiger partial charge on any atom is 0.410 e. The first-order chi connectivity index (χ1) is 26.7. The summed E-state index contributed by atoms with van der Waals surface area (Å²) in [6, 6.07) is 13.5. The molecule has 3 atom stereocenters. The predicted octanol–water partition coefficient (Wildman–Crippen LogP) is 4.43. The SMILES string of the molecule is Cc1ccc2cc1CNC(=O)[C@H](CCc1ccccc1)NC(=O)[C@@H](NC(=O)CCOC1CC3(C1)CN(C(=O)OC(C)(C)C)C3)CC(=O)N1CCCC(CCO2)C1. The highest BCUT2D eigenvalue weighted by molar-refractivity contribution is 5.95. The zero-order valence-corrected chi connectivity index (χ0v) is 33.4. The molecule has 2 aromatic rings. The zero-order valence-electron chi connectivity index (χ0n) is 33.4. The third-order valence-electron chi connectivity index (χ3n) is 11.4. The molecule has 0 aromatic heterocycles. The molecule has 1 aliphatic carbocycles. The van der Waals surface area contributed by atoms with Gasteiger partial charge >= 0.3 is 6.09 Å². The van der Waals surface area contributed by atoms with Crippen LogP contribution in [0.25, 0.3) is 0 Å². The van der Waals surface area contributed by atoms with Crippen LogP contribution >= 0.6 is 0 Å². The Balaban J connectivity index is 1.09. The summed E-state index contributed by atoms with van der Waals surface area (Å²) < 4.78 is 17.6. The van der Waals surface area contributed by atoms with Crippen molar-refractivity contribution in [1.82, 2.24) is 25.8 Å². The highest BCUT2D eigenvalue weighted by Gasteiger charge is 2.55. The lowest BCUT2D eigenvalue weighted by Gasteiger charge is -2.58. The Morgan fingerprint density at radius 3 is 2.54 bits per heavy atom. The van der Waals surface area contributed by atoms with Gasteiger partial charge in [-0.1, -0.05) is 36.4 Å². The zero-order chi connectivity index (χ0) is 39.9. The second-order valence-electron chi connectivity index (χ2n) is 17.2. The molecule has 56 heavy (non-hydrogen) atoms. The summed E-state index contributed by atoms with van der Waals surface area (Å²) in [4.78, 5) is 70.8. The number of piperidine rings is 1. The van der Waals surface area contributed by atoms with Gasteiger partial charge in [0.15, 0.2) is 0 Å². The van der Waals surface area contributed by atoms with Crippen molar-refractivity contribution < 1.29 is 38.2 Å². The van der Waals surface area contributed by atoms with Crippen LogP contribution in [0.15, 0.2) is 48.5 Å². The summed E-state index contributed by atoms with van der Waals surface area (Å²) in [6.45, 7) is 10.8. The molecular formula is C43H59N5O8. The van der Waals surface area contributed by atoms with E-state index < -0.39 is 29.5 Å². The molecule has 2 aromatic carbocycles. The van der Waals surface area contributed by atoms with Crippen LogP contribution in [0.4, 0.5) is 4.79 Å². The monoisotopic (exact) mass is 773 g/mol. The van der Waals surface area contributed by atoms with E-state index in [1.54, 1.807) is 9.80 Å². The molecular weight excluding hydrogens is 714 g/mol. The number of likely N-dealkylation sites (tertiary alicyclic amines) is 1. The summed E-state index contributed by atoms with van der Waals surface area (Å²) in [5, 5.41) is 8.72. The number of benzene rings is 2. The average Bonchev–Trinajstić information content (AvgIpc) is 3.12. The summed E-state index contributed by atoms with van der Waals surface area (Å²) in [5.74, 6) is -0.593. The Bertz CT molecular complexity index is 1710. The maximum absolute atomic E-state index is 14.1. The van der Waals surface area contributed by atoms with Crippen LogP contribution in [0.2, 0.25) is 0 Å². The first-order valence-electron chi connectivity index (χ1n) is 20.3. The van der Waals surface area contributed by atoms with E-state index in [0.717, 1.165) is 54.5 Å². The van der Waals surface area contributed by atoms with E-state index in [1.807, 2.05) is 76.2 Å². The van der Waals surface area contributed by atoms with Crippen LogP contribution in [0.3, 0.4) is 0 Å². The van der Waals surface area contributed by atoms with Crippen LogP contribution in [0.5, 0.6) is 5.75 Å². The summed E-state index contributed by atoms with van der Waals surface area (Å²) in [6.07, 6.45) is 4.51. The number of rotatable bonds is 8. The van der Waals surface area contributed by atoms with Gasteiger partial charge in [0.25, 0.3) is 0 Å². The topological polar surface area (TPSA) is 156 Å². The molecule has 1 saturated carbocycles. The summed E-state index contributed by atoms with van der Waals surface area (Å²) in [5.41, 5.74) is 2.44. The van der Waals surface area contributed by atoms with Gasteiger partial charge in [-0.15, -0.1) is 0 Å². The standard InChI is InChI=1S/C43H59N5O8/c1-29-12-14-33-21-32(29)25-44-39(51)35(15-13-30-9-6-5-7-10-30)46-40(52)36(22-38(50)47-18-8-11-31(26-47)16-19-54-33)45-37(49)17-20-55-34-23-43(24-34)27-48(28-43)41(53)56-42(2,3)4/h5-7,9-10,12,14,21,31,34-36H,8,11,13,15-20,22-28H2,1-4H3,(H,44,51)(H,45,49)(H,46,52)/t31?,35-,36-/m0/s1. The van der Waals surface area contributed by atoms with E-state index in [0.29, 0.717) is 45.6 Å². The maximum atomic E-state index is 14.1. The van der Waals surface area contributed by atoms with Crippen LogP contribution in [0.1, 0.15) is 88.8 Å². The van der Waals surface area contributed by atoms with Crippen LogP contribution < -0.4 is 20.7 Å². The number of nitrogens with zero attached hydrogens (tertiary/aromatic N) is 2. The highest BCUT2D eigenvalue weighted by atomic mass is 16.6. The second kappa shape index (κ2) is 18.1. The minimum Gasteiger partial charge on any atom is -0.494 e. The van der Waals surface area contributed by atoms with E-state index in [-0.39, 0.29) is 61.3 Å². The fourth-order valence-corrected chi connectivity index (χ4v) is 8.20. The van der Waals surface area contributed by atoms with Gasteiger partial charge < -0.3 is 40.0 Å². The van der Waals surface area contributed by atoms with E-state index in [2.05, 4.69) is 16.0 Å². The van der Waals surface area contributed by atoms with Crippen molar-refractivity contribution in [3.05, 3.63) is 65.2 Å². The predicted molar refractivity (Wildman–Crippen MR) is 210 cm³/mol. The fourth-order valence-electron chi connectivity index (χ4n) is 8.20. The molecule has 4 aliphatic rings. The number of nitrogens with one attached hydrogen (secondary N) is 3. The number of ether oxygens (including phenoxy) is 3. The summed E-state index contributed by atoms with van der Waals surface area (Å²) in [7, 11) is 0. The fraction of sp³-hybridized carbons (Fsp3) is 0.605. The Labute approximate surface area is 330 Å². The lowest BCUT2D eigenvalue weighted by Crippen LogP contribution is -2.65. The molecule has 2 saturated heterocycles. The molecule has 13 heteroatoms. The molecule has 13 nitrogen and oxygen atoms in total. The van der Waals surface area contributed by atoms with Gasteiger partial charge in [0, 0.05) is 44.6 Å².